The number of rotatable bonds is 2. The predicted octanol–water partition coefficient (Wildman–Crippen LogP) is -0.455. The largest absolute Gasteiger partial charge is 0.432 e. The smallest absolute Gasteiger partial charge is 0.390 e. The molecular formula is C9H13N4O3+. The summed E-state index contributed by atoms with van der Waals surface area (Å²) in [4.78, 5) is 31.5. The van der Waals surface area contributed by atoms with E-state index in [9.17, 15) is 9.59 Å². The Morgan fingerprint density at radius 3 is 2.88 bits per heavy atom. The zero-order chi connectivity index (χ0) is 11.9. The lowest BCUT2D eigenvalue weighted by Crippen LogP contribution is -2.62. The fourth-order valence-electron chi connectivity index (χ4n) is 1.90. The van der Waals surface area contributed by atoms with E-state index in [4.69, 9.17) is 5.11 Å². The molecular weight excluding hydrogens is 212 g/mol. The van der Waals surface area contributed by atoms with Gasteiger partial charge in [0.25, 0.3) is 5.91 Å². The number of likely N-dealkylation sites (N-methyl/N-ethyl adjacent to an activating group) is 1. The second-order valence-electron chi connectivity index (χ2n) is 3.89. The highest BCUT2D eigenvalue weighted by atomic mass is 16.3. The van der Waals surface area contributed by atoms with Crippen molar-refractivity contribution in [2.45, 2.75) is 0 Å². The second kappa shape index (κ2) is 3.39. The lowest BCUT2D eigenvalue weighted by molar-refractivity contribution is 0.0762. The molecule has 2 heterocycles. The van der Waals surface area contributed by atoms with E-state index in [1.807, 2.05) is 0 Å². The van der Waals surface area contributed by atoms with Crippen LogP contribution in [0.5, 0.6) is 0 Å². The van der Waals surface area contributed by atoms with E-state index in [0.29, 0.717) is 5.82 Å². The van der Waals surface area contributed by atoms with Gasteiger partial charge in [-0.15, -0.1) is 0 Å². The second-order valence-corrected chi connectivity index (χ2v) is 3.89. The quantitative estimate of drug-likeness (QED) is 0.667. The lowest BCUT2D eigenvalue weighted by Gasteiger charge is -2.35. The molecule has 0 aromatic carbocycles. The molecule has 1 aliphatic heterocycles. The first kappa shape index (κ1) is 10.8. The summed E-state index contributed by atoms with van der Waals surface area (Å²) in [6.07, 6.45) is 1.38. The molecule has 86 valence electrons. The number of carbonyl (C=O) groups excluding carboxylic acids is 2. The Morgan fingerprint density at radius 2 is 2.25 bits per heavy atom. The average Bonchev–Trinajstić information content (AvgIpc) is 2.74. The number of aliphatic hydroxyl groups excluding tert-OH is 1. The summed E-state index contributed by atoms with van der Waals surface area (Å²) >= 11 is 0. The SMILES string of the molecule is CN1C(=O)c2nc[nH]c2[N+](C)(CCO)C1=O. The highest BCUT2D eigenvalue weighted by molar-refractivity contribution is 6.12. The van der Waals surface area contributed by atoms with Crippen LogP contribution in [-0.2, 0) is 0 Å². The highest BCUT2D eigenvalue weighted by Gasteiger charge is 2.49. The Morgan fingerprint density at radius 1 is 1.56 bits per heavy atom. The number of amides is 3. The topological polar surface area (TPSA) is 86.3 Å². The third kappa shape index (κ3) is 1.18. The maximum absolute atomic E-state index is 12.0. The molecule has 3 amide bonds. The van der Waals surface area contributed by atoms with Crippen LogP contribution in [0, 0.1) is 0 Å². The Kier molecular flexibility index (Phi) is 2.28. The number of H-pyrrole nitrogens is 1. The van der Waals surface area contributed by atoms with Gasteiger partial charge in [-0.05, 0) is 0 Å². The van der Waals surface area contributed by atoms with E-state index >= 15 is 0 Å². The number of nitrogens with zero attached hydrogens (tertiary/aromatic N) is 3. The number of carbonyl (C=O) groups is 2. The number of imide groups is 1. The van der Waals surface area contributed by atoms with Crippen molar-refractivity contribution in [2.24, 2.45) is 0 Å². The Bertz CT molecular complexity index is 455. The van der Waals surface area contributed by atoms with Crippen molar-refractivity contribution in [2.75, 3.05) is 27.2 Å². The summed E-state index contributed by atoms with van der Waals surface area (Å²) in [5.41, 5.74) is 0.234. The van der Waals surface area contributed by atoms with Gasteiger partial charge in [0.05, 0.1) is 20.0 Å². The van der Waals surface area contributed by atoms with E-state index < -0.39 is 5.91 Å². The zero-order valence-electron chi connectivity index (χ0n) is 9.10. The Balaban J connectivity index is 2.59. The van der Waals surface area contributed by atoms with E-state index in [-0.39, 0.29) is 29.4 Å². The van der Waals surface area contributed by atoms with E-state index in [1.165, 1.54) is 13.4 Å². The predicted molar refractivity (Wildman–Crippen MR) is 55.7 cm³/mol. The van der Waals surface area contributed by atoms with Crippen LogP contribution in [0.2, 0.25) is 0 Å². The lowest BCUT2D eigenvalue weighted by atomic mass is 10.2. The van der Waals surface area contributed by atoms with Crippen LogP contribution in [0.4, 0.5) is 10.6 Å². The van der Waals surface area contributed by atoms with Gasteiger partial charge >= 0.3 is 6.03 Å². The molecule has 7 nitrogen and oxygen atoms in total. The molecule has 1 aromatic heterocycles. The van der Waals surface area contributed by atoms with Crippen LogP contribution >= 0.6 is 0 Å². The minimum absolute atomic E-state index is 0.150. The molecule has 0 radical (unpaired) electrons. The molecule has 2 N–H and O–H groups in total. The molecule has 0 spiro atoms. The van der Waals surface area contributed by atoms with E-state index in [1.54, 1.807) is 7.05 Å². The number of hydrogen-bond donors (Lipinski definition) is 2. The van der Waals surface area contributed by atoms with Crippen molar-refractivity contribution in [1.82, 2.24) is 19.4 Å². The number of imidazole rings is 1. The molecule has 7 heteroatoms. The van der Waals surface area contributed by atoms with Crippen molar-refractivity contribution in [3.63, 3.8) is 0 Å². The molecule has 1 aromatic rings. The summed E-state index contributed by atoms with van der Waals surface area (Å²) < 4.78 is -0.173. The van der Waals surface area contributed by atoms with Crippen molar-refractivity contribution in [3.8, 4) is 0 Å². The summed E-state index contributed by atoms with van der Waals surface area (Å²) in [7, 11) is 3.05. The van der Waals surface area contributed by atoms with Crippen molar-refractivity contribution >= 4 is 17.8 Å². The minimum Gasteiger partial charge on any atom is -0.390 e. The third-order valence-corrected chi connectivity index (χ3v) is 2.88. The zero-order valence-corrected chi connectivity index (χ0v) is 9.10. The fourth-order valence-corrected chi connectivity index (χ4v) is 1.90. The maximum atomic E-state index is 12.0. The Labute approximate surface area is 91.9 Å². The van der Waals surface area contributed by atoms with Gasteiger partial charge in [0.1, 0.15) is 6.54 Å². The van der Waals surface area contributed by atoms with Crippen molar-refractivity contribution < 1.29 is 14.7 Å². The number of aromatic amines is 1. The van der Waals surface area contributed by atoms with E-state index in [0.717, 1.165) is 4.90 Å². The molecule has 1 atom stereocenters. The van der Waals surface area contributed by atoms with Crippen molar-refractivity contribution in [3.05, 3.63) is 12.0 Å². The number of urea groups is 1. The van der Waals surface area contributed by atoms with Crippen LogP contribution in [0.3, 0.4) is 0 Å². The molecule has 2 rings (SSSR count). The van der Waals surface area contributed by atoms with Gasteiger partial charge in [0.2, 0.25) is 11.5 Å². The van der Waals surface area contributed by atoms with Gasteiger partial charge in [0.15, 0.2) is 0 Å². The molecule has 0 saturated carbocycles. The first-order valence-electron chi connectivity index (χ1n) is 4.85. The summed E-state index contributed by atoms with van der Waals surface area (Å²) in [5, 5.41) is 9.01. The number of aliphatic hydroxyl groups is 1. The first-order chi connectivity index (χ1) is 7.52. The third-order valence-electron chi connectivity index (χ3n) is 2.88. The minimum atomic E-state index is -0.421. The first-order valence-corrected chi connectivity index (χ1v) is 4.85. The Hall–Kier alpha value is -1.73. The van der Waals surface area contributed by atoms with Gasteiger partial charge in [-0.1, -0.05) is 0 Å². The van der Waals surface area contributed by atoms with Crippen LogP contribution in [0.1, 0.15) is 10.5 Å². The molecule has 1 aliphatic rings. The van der Waals surface area contributed by atoms with Crippen molar-refractivity contribution in [1.29, 1.82) is 0 Å². The van der Waals surface area contributed by atoms with Crippen LogP contribution in [-0.4, -0.2) is 59.2 Å². The maximum Gasteiger partial charge on any atom is 0.432 e. The number of hydrogen-bond acceptors (Lipinski definition) is 4. The number of aromatic nitrogens is 2. The molecule has 0 saturated heterocycles. The average molecular weight is 225 g/mol. The number of quaternary nitrogens is 1. The molecule has 0 bridgehead atoms. The summed E-state index contributed by atoms with van der Waals surface area (Å²) in [6, 6.07) is -0.379. The normalized spacial score (nSPS) is 24.8. The molecule has 0 aliphatic carbocycles. The van der Waals surface area contributed by atoms with Crippen LogP contribution in [0.15, 0.2) is 6.33 Å². The number of fused-ring (bicyclic) bond motifs is 1. The van der Waals surface area contributed by atoms with Gasteiger partial charge in [-0.25, -0.2) is 14.7 Å². The molecule has 16 heavy (non-hydrogen) atoms. The molecule has 0 fully saturated rings. The highest BCUT2D eigenvalue weighted by Crippen LogP contribution is 2.29. The van der Waals surface area contributed by atoms with Gasteiger partial charge in [-0.3, -0.25) is 9.78 Å². The fraction of sp³-hybridized carbons (Fsp3) is 0.444. The van der Waals surface area contributed by atoms with Gasteiger partial charge < -0.3 is 5.11 Å². The van der Waals surface area contributed by atoms with Crippen LogP contribution < -0.4 is 4.48 Å². The monoisotopic (exact) mass is 225 g/mol. The summed E-state index contributed by atoms with van der Waals surface area (Å²) in [6.45, 7) is 0.0500. The van der Waals surface area contributed by atoms with E-state index in [2.05, 4.69) is 9.97 Å². The van der Waals surface area contributed by atoms with Gasteiger partial charge in [-0.2, -0.15) is 4.48 Å². The standard InChI is InChI=1S/C9H12N4O3/c1-12-8(15)6-7(11-5-10-6)13(2,3-4-14)9(12)16/h5,14H,3-4H2,1-2H3/p+1. The molecule has 1 unspecified atom stereocenters. The summed E-state index contributed by atoms with van der Waals surface area (Å²) in [5.74, 6) is 0.0111. The van der Waals surface area contributed by atoms with Gasteiger partial charge in [0, 0.05) is 7.05 Å². The number of nitrogens with one attached hydrogen (secondary N) is 1. The van der Waals surface area contributed by atoms with Crippen LogP contribution in [0.25, 0.3) is 0 Å².